The van der Waals surface area contributed by atoms with Crippen molar-refractivity contribution in [3.63, 3.8) is 0 Å². The van der Waals surface area contributed by atoms with Gasteiger partial charge in [-0.2, -0.15) is 0 Å². The Morgan fingerprint density at radius 1 is 1.22 bits per heavy atom. The van der Waals surface area contributed by atoms with Gasteiger partial charge in [0, 0.05) is 26.2 Å². The molecule has 0 saturated carbocycles. The molecule has 3 rings (SSSR count). The average Bonchev–Trinajstić information content (AvgIpc) is 3.06. The van der Waals surface area contributed by atoms with E-state index < -0.39 is 0 Å². The van der Waals surface area contributed by atoms with Crippen LogP contribution in [0.1, 0.15) is 36.2 Å². The molecule has 2 N–H and O–H groups in total. The van der Waals surface area contributed by atoms with E-state index in [9.17, 15) is 9.59 Å². The van der Waals surface area contributed by atoms with Crippen molar-refractivity contribution in [3.05, 3.63) is 16.9 Å². The van der Waals surface area contributed by atoms with Crippen LogP contribution in [0.3, 0.4) is 0 Å². The molecule has 0 aromatic carbocycles. The minimum Gasteiger partial charge on any atom is -0.369 e. The number of piperidine rings is 1. The summed E-state index contributed by atoms with van der Waals surface area (Å²) in [6.07, 6.45) is 5.47. The molecule has 1 atom stereocenters. The summed E-state index contributed by atoms with van der Waals surface area (Å²) in [5, 5.41) is 0.235. The Bertz CT molecular complexity index is 618. The molecule has 1 aromatic rings. The van der Waals surface area contributed by atoms with Crippen molar-refractivity contribution in [1.29, 1.82) is 0 Å². The molecular formula is C15H20ClN5O2. The van der Waals surface area contributed by atoms with Gasteiger partial charge in [0.1, 0.15) is 0 Å². The molecule has 23 heavy (non-hydrogen) atoms. The number of anilines is 1. The van der Waals surface area contributed by atoms with E-state index in [4.69, 9.17) is 17.3 Å². The molecule has 2 saturated heterocycles. The molecule has 2 aliphatic heterocycles. The fraction of sp³-hybridized carbons (Fsp3) is 0.600. The van der Waals surface area contributed by atoms with Crippen LogP contribution >= 0.6 is 11.6 Å². The van der Waals surface area contributed by atoms with Gasteiger partial charge in [-0.05, 0) is 25.7 Å². The summed E-state index contributed by atoms with van der Waals surface area (Å²) in [6.45, 7) is 2.60. The van der Waals surface area contributed by atoms with Gasteiger partial charge < -0.3 is 15.5 Å². The van der Waals surface area contributed by atoms with Crippen LogP contribution in [0.25, 0.3) is 0 Å². The van der Waals surface area contributed by atoms with E-state index in [1.807, 2.05) is 0 Å². The number of carbonyl (C=O) groups is 2. The Morgan fingerprint density at radius 2 is 1.96 bits per heavy atom. The Morgan fingerprint density at radius 3 is 2.61 bits per heavy atom. The maximum Gasteiger partial charge on any atom is 0.274 e. The van der Waals surface area contributed by atoms with Crippen LogP contribution in [-0.4, -0.2) is 52.9 Å². The van der Waals surface area contributed by atoms with Crippen LogP contribution in [0.5, 0.6) is 0 Å². The van der Waals surface area contributed by atoms with Crippen molar-refractivity contribution in [1.82, 2.24) is 14.9 Å². The summed E-state index contributed by atoms with van der Waals surface area (Å²) in [4.78, 5) is 36.2. The van der Waals surface area contributed by atoms with Crippen LogP contribution < -0.4 is 10.6 Å². The SMILES string of the molecule is NC(=O)C1CCN(C(=O)c2nc(N3CCCCC3)ncc2Cl)C1. The second-order valence-electron chi connectivity index (χ2n) is 6.05. The zero-order chi connectivity index (χ0) is 16.4. The lowest BCUT2D eigenvalue weighted by Crippen LogP contribution is -2.34. The smallest absolute Gasteiger partial charge is 0.274 e. The Labute approximate surface area is 139 Å². The summed E-state index contributed by atoms with van der Waals surface area (Å²) >= 11 is 6.12. The zero-order valence-corrected chi connectivity index (χ0v) is 13.6. The van der Waals surface area contributed by atoms with Gasteiger partial charge in [-0.3, -0.25) is 9.59 Å². The fourth-order valence-corrected chi connectivity index (χ4v) is 3.25. The van der Waals surface area contributed by atoms with Gasteiger partial charge >= 0.3 is 0 Å². The van der Waals surface area contributed by atoms with Crippen molar-refractivity contribution in [2.24, 2.45) is 11.7 Å². The van der Waals surface area contributed by atoms with Gasteiger partial charge in [0.05, 0.1) is 17.1 Å². The van der Waals surface area contributed by atoms with Crippen LogP contribution in [0.4, 0.5) is 5.95 Å². The van der Waals surface area contributed by atoms with E-state index >= 15 is 0 Å². The minimum atomic E-state index is -0.372. The van der Waals surface area contributed by atoms with Crippen molar-refractivity contribution in [2.75, 3.05) is 31.1 Å². The second kappa shape index (κ2) is 6.70. The highest BCUT2D eigenvalue weighted by atomic mass is 35.5. The van der Waals surface area contributed by atoms with E-state index in [0.29, 0.717) is 25.5 Å². The molecule has 124 valence electrons. The first-order chi connectivity index (χ1) is 11.1. The third-order valence-electron chi connectivity index (χ3n) is 4.45. The van der Waals surface area contributed by atoms with Crippen LogP contribution in [0.15, 0.2) is 6.20 Å². The number of rotatable bonds is 3. The predicted molar refractivity (Wildman–Crippen MR) is 86.3 cm³/mol. The third-order valence-corrected chi connectivity index (χ3v) is 4.73. The summed E-state index contributed by atoms with van der Waals surface area (Å²) in [5.41, 5.74) is 5.52. The number of hydrogen-bond donors (Lipinski definition) is 1. The summed E-state index contributed by atoms with van der Waals surface area (Å²) < 4.78 is 0. The van der Waals surface area contributed by atoms with Gasteiger partial charge in [-0.15, -0.1) is 0 Å². The summed E-state index contributed by atoms with van der Waals surface area (Å²) in [7, 11) is 0. The van der Waals surface area contributed by atoms with Gasteiger partial charge in [-0.25, -0.2) is 9.97 Å². The number of hydrogen-bond acceptors (Lipinski definition) is 5. The molecule has 0 bridgehead atoms. The van der Waals surface area contributed by atoms with Crippen molar-refractivity contribution >= 4 is 29.4 Å². The number of nitrogens with zero attached hydrogens (tertiary/aromatic N) is 4. The Balaban J connectivity index is 1.78. The number of primary amides is 1. The molecule has 2 aliphatic rings. The van der Waals surface area contributed by atoms with E-state index in [-0.39, 0.29) is 28.4 Å². The fourth-order valence-electron chi connectivity index (χ4n) is 3.08. The predicted octanol–water partition coefficient (Wildman–Crippen LogP) is 1.07. The normalized spacial score (nSPS) is 21.5. The highest BCUT2D eigenvalue weighted by Gasteiger charge is 2.32. The average molecular weight is 338 g/mol. The Kier molecular flexibility index (Phi) is 4.66. The molecule has 3 heterocycles. The molecule has 2 fully saturated rings. The van der Waals surface area contributed by atoms with Crippen LogP contribution in [0.2, 0.25) is 5.02 Å². The largest absolute Gasteiger partial charge is 0.369 e. The first-order valence-corrected chi connectivity index (χ1v) is 8.30. The van der Waals surface area contributed by atoms with E-state index in [1.54, 1.807) is 4.90 Å². The highest BCUT2D eigenvalue weighted by Crippen LogP contribution is 2.23. The summed E-state index contributed by atoms with van der Waals surface area (Å²) in [6, 6.07) is 0. The molecule has 1 unspecified atom stereocenters. The molecular weight excluding hydrogens is 318 g/mol. The highest BCUT2D eigenvalue weighted by molar-refractivity contribution is 6.33. The van der Waals surface area contributed by atoms with Crippen molar-refractivity contribution in [3.8, 4) is 0 Å². The number of likely N-dealkylation sites (tertiary alicyclic amines) is 1. The molecule has 1 aromatic heterocycles. The standard InChI is InChI=1S/C15H20ClN5O2/c16-11-8-18-15(20-5-2-1-3-6-20)19-12(11)14(23)21-7-4-10(9-21)13(17)22/h8,10H,1-7,9H2,(H2,17,22). The first-order valence-electron chi connectivity index (χ1n) is 7.92. The lowest BCUT2D eigenvalue weighted by Gasteiger charge is -2.27. The number of amides is 2. The van der Waals surface area contributed by atoms with Crippen LogP contribution in [-0.2, 0) is 4.79 Å². The van der Waals surface area contributed by atoms with Crippen LogP contribution in [0, 0.1) is 5.92 Å². The van der Waals surface area contributed by atoms with Gasteiger partial charge in [0.2, 0.25) is 11.9 Å². The number of halogens is 1. The second-order valence-corrected chi connectivity index (χ2v) is 6.46. The zero-order valence-electron chi connectivity index (χ0n) is 12.9. The number of aromatic nitrogens is 2. The molecule has 2 amide bonds. The molecule has 0 spiro atoms. The third kappa shape index (κ3) is 3.39. The monoisotopic (exact) mass is 337 g/mol. The topological polar surface area (TPSA) is 92.4 Å². The molecule has 7 nitrogen and oxygen atoms in total. The number of carbonyl (C=O) groups excluding carboxylic acids is 2. The van der Waals surface area contributed by atoms with Gasteiger partial charge in [0.25, 0.3) is 5.91 Å². The molecule has 8 heteroatoms. The van der Waals surface area contributed by atoms with E-state index in [0.717, 1.165) is 25.9 Å². The first kappa shape index (κ1) is 16.0. The number of nitrogens with two attached hydrogens (primary N) is 1. The molecule has 0 aliphatic carbocycles. The van der Waals surface area contributed by atoms with Crippen molar-refractivity contribution in [2.45, 2.75) is 25.7 Å². The van der Waals surface area contributed by atoms with Gasteiger partial charge in [-0.1, -0.05) is 11.6 Å². The maximum absolute atomic E-state index is 12.7. The quantitative estimate of drug-likeness (QED) is 0.890. The lowest BCUT2D eigenvalue weighted by molar-refractivity contribution is -0.121. The van der Waals surface area contributed by atoms with Gasteiger partial charge in [0.15, 0.2) is 5.69 Å². The molecule has 0 radical (unpaired) electrons. The lowest BCUT2D eigenvalue weighted by atomic mass is 10.1. The summed E-state index contributed by atoms with van der Waals surface area (Å²) in [5.74, 6) is -0.383. The maximum atomic E-state index is 12.7. The van der Waals surface area contributed by atoms with E-state index in [1.165, 1.54) is 12.6 Å². The van der Waals surface area contributed by atoms with Crippen molar-refractivity contribution < 1.29 is 9.59 Å². The van der Waals surface area contributed by atoms with E-state index in [2.05, 4.69) is 14.9 Å². The minimum absolute atomic E-state index is 0.201. The Hall–Kier alpha value is -1.89.